The Bertz CT molecular complexity index is 900. The number of fused-ring (bicyclic) bond motifs is 2. The van der Waals surface area contributed by atoms with Gasteiger partial charge in [0.2, 0.25) is 0 Å². The van der Waals surface area contributed by atoms with Crippen LogP contribution in [0.25, 0.3) is 0 Å². The molecule has 2 aromatic carbocycles. The number of rotatable bonds is 2. The summed E-state index contributed by atoms with van der Waals surface area (Å²) < 4.78 is 16.2. The average Bonchev–Trinajstić information content (AvgIpc) is 2.72. The average molecular weight is 466 g/mol. The zero-order valence-corrected chi connectivity index (χ0v) is 19.4. The van der Waals surface area contributed by atoms with Crippen molar-refractivity contribution < 1.29 is 29.2 Å². The third kappa shape index (κ3) is 6.59. The van der Waals surface area contributed by atoms with Crippen LogP contribution in [0, 0.1) is 5.92 Å². The van der Waals surface area contributed by atoms with E-state index in [4.69, 9.17) is 19.9 Å². The van der Waals surface area contributed by atoms with Crippen LogP contribution in [-0.2, 0) is 9.53 Å². The number of carbonyl (C=O) groups is 1. The van der Waals surface area contributed by atoms with Crippen molar-refractivity contribution in [1.82, 2.24) is 0 Å². The molecule has 0 spiro atoms. The highest BCUT2D eigenvalue weighted by Gasteiger charge is 2.32. The Balaban J connectivity index is 0.000000241. The van der Waals surface area contributed by atoms with E-state index in [2.05, 4.69) is 0 Å². The fourth-order valence-corrected chi connectivity index (χ4v) is 3.53. The molecule has 2 heterocycles. The Labute approximate surface area is 194 Å². The molecule has 0 aromatic heterocycles. The minimum absolute atomic E-state index is 0. The van der Waals surface area contributed by atoms with Crippen molar-refractivity contribution in [2.24, 2.45) is 11.7 Å². The summed E-state index contributed by atoms with van der Waals surface area (Å²) in [6.07, 6.45) is -1.11. The van der Waals surface area contributed by atoms with Crippen molar-refractivity contribution >= 4 is 18.4 Å². The first kappa shape index (κ1) is 25.9. The van der Waals surface area contributed by atoms with Crippen molar-refractivity contribution in [3.8, 4) is 11.5 Å². The van der Waals surface area contributed by atoms with Crippen LogP contribution in [0.5, 0.6) is 11.5 Å². The lowest BCUT2D eigenvalue weighted by Crippen LogP contribution is -2.37. The van der Waals surface area contributed by atoms with E-state index in [1.165, 1.54) is 0 Å². The number of aliphatic hydroxyl groups is 2. The maximum absolute atomic E-state index is 11.8. The fraction of sp³-hybridized carbons (Fsp3) is 0.458. The largest absolute Gasteiger partial charge is 0.493 e. The summed E-state index contributed by atoms with van der Waals surface area (Å²) in [5.74, 6) is 0.867. The summed E-state index contributed by atoms with van der Waals surface area (Å²) >= 11 is 0. The van der Waals surface area contributed by atoms with Gasteiger partial charge >= 0.3 is 5.97 Å². The van der Waals surface area contributed by atoms with E-state index < -0.39 is 17.8 Å². The predicted molar refractivity (Wildman–Crippen MR) is 123 cm³/mol. The SMILES string of the molecule is CC(C)(C)OC(=O)CC1COc2ccccc2C1O.Cl.NC1COc2ccccc2C1O. The molecular weight excluding hydrogens is 434 g/mol. The van der Waals surface area contributed by atoms with Crippen molar-refractivity contribution in [2.45, 2.75) is 51.0 Å². The Kier molecular flexibility index (Phi) is 8.92. The highest BCUT2D eigenvalue weighted by molar-refractivity contribution is 5.85. The summed E-state index contributed by atoms with van der Waals surface area (Å²) in [4.78, 5) is 11.8. The second kappa shape index (κ2) is 11.0. The molecule has 32 heavy (non-hydrogen) atoms. The Morgan fingerprint density at radius 3 is 2.03 bits per heavy atom. The van der Waals surface area contributed by atoms with Crippen molar-refractivity contribution in [3.05, 3.63) is 59.7 Å². The monoisotopic (exact) mass is 465 g/mol. The van der Waals surface area contributed by atoms with Crippen molar-refractivity contribution in [2.75, 3.05) is 13.2 Å². The van der Waals surface area contributed by atoms with Gasteiger partial charge in [0, 0.05) is 17.0 Å². The Morgan fingerprint density at radius 2 is 1.47 bits per heavy atom. The van der Waals surface area contributed by atoms with Crippen LogP contribution in [0.2, 0.25) is 0 Å². The van der Waals surface area contributed by atoms with Crippen LogP contribution >= 0.6 is 12.4 Å². The van der Waals surface area contributed by atoms with E-state index in [9.17, 15) is 15.0 Å². The van der Waals surface area contributed by atoms with Crippen LogP contribution in [0.15, 0.2) is 48.5 Å². The molecule has 7 nitrogen and oxygen atoms in total. The zero-order chi connectivity index (χ0) is 22.6. The minimum Gasteiger partial charge on any atom is -0.493 e. The quantitative estimate of drug-likeness (QED) is 0.583. The molecule has 4 rings (SSSR count). The molecule has 0 radical (unpaired) electrons. The molecule has 0 bridgehead atoms. The van der Waals surface area contributed by atoms with Crippen molar-refractivity contribution in [1.29, 1.82) is 0 Å². The van der Waals surface area contributed by atoms with Gasteiger partial charge in [0.1, 0.15) is 29.8 Å². The van der Waals surface area contributed by atoms with E-state index in [1.807, 2.05) is 69.3 Å². The number of halogens is 1. The molecule has 4 unspecified atom stereocenters. The second-order valence-electron chi connectivity index (χ2n) is 8.80. The highest BCUT2D eigenvalue weighted by Crippen LogP contribution is 2.36. The Hall–Kier alpha value is -2.32. The van der Waals surface area contributed by atoms with Gasteiger partial charge in [0.25, 0.3) is 0 Å². The van der Waals surface area contributed by atoms with Gasteiger partial charge in [-0.3, -0.25) is 4.79 Å². The summed E-state index contributed by atoms with van der Waals surface area (Å²) in [5, 5.41) is 19.9. The number of benzene rings is 2. The predicted octanol–water partition coefficient (Wildman–Crippen LogP) is 3.32. The molecule has 176 valence electrons. The lowest BCUT2D eigenvalue weighted by atomic mass is 9.91. The van der Waals surface area contributed by atoms with Crippen LogP contribution < -0.4 is 15.2 Å². The summed E-state index contributed by atoms with van der Waals surface area (Å²) in [5.41, 5.74) is 6.64. The molecule has 2 aromatic rings. The van der Waals surface area contributed by atoms with Gasteiger partial charge in [-0.25, -0.2) is 0 Å². The number of ether oxygens (including phenoxy) is 3. The van der Waals surface area contributed by atoms with Crippen molar-refractivity contribution in [3.63, 3.8) is 0 Å². The zero-order valence-electron chi connectivity index (χ0n) is 18.6. The van der Waals surface area contributed by atoms with Gasteiger partial charge in [0.15, 0.2) is 0 Å². The molecule has 0 saturated heterocycles. The standard InChI is InChI=1S/C15H20O4.C9H11NO2.ClH/c1-15(2,3)19-13(16)8-10-9-18-12-7-5-4-6-11(12)14(10)17;10-7-5-12-8-4-2-1-3-6(8)9(7)11;/h4-7,10,14,17H,8-9H2,1-3H3;1-4,7,9,11H,5,10H2;1H. The van der Waals surface area contributed by atoms with E-state index in [-0.39, 0.29) is 36.8 Å². The molecule has 0 amide bonds. The van der Waals surface area contributed by atoms with Gasteiger partial charge in [-0.15, -0.1) is 12.4 Å². The van der Waals surface area contributed by atoms with E-state index >= 15 is 0 Å². The van der Waals surface area contributed by atoms with E-state index in [0.29, 0.717) is 19.0 Å². The second-order valence-corrected chi connectivity index (χ2v) is 8.80. The lowest BCUT2D eigenvalue weighted by Gasteiger charge is -2.30. The molecular formula is C24H32ClNO6. The van der Waals surface area contributed by atoms with Crippen LogP contribution in [-0.4, -0.2) is 41.0 Å². The van der Waals surface area contributed by atoms with E-state index in [0.717, 1.165) is 16.9 Å². The normalized spacial score (nSPS) is 23.6. The third-order valence-electron chi connectivity index (χ3n) is 5.06. The maximum atomic E-state index is 11.8. The number of hydrogen-bond donors (Lipinski definition) is 3. The van der Waals surface area contributed by atoms with Crippen LogP contribution in [0.3, 0.4) is 0 Å². The summed E-state index contributed by atoms with van der Waals surface area (Å²) in [6.45, 7) is 6.20. The molecule has 4 N–H and O–H groups in total. The van der Waals surface area contributed by atoms with E-state index in [1.54, 1.807) is 0 Å². The number of hydrogen-bond acceptors (Lipinski definition) is 7. The maximum Gasteiger partial charge on any atom is 0.306 e. The first-order valence-electron chi connectivity index (χ1n) is 10.4. The molecule has 2 aliphatic heterocycles. The molecule has 2 aliphatic rings. The fourth-order valence-electron chi connectivity index (χ4n) is 3.53. The first-order chi connectivity index (χ1) is 14.7. The van der Waals surface area contributed by atoms with Gasteiger partial charge in [0.05, 0.1) is 25.2 Å². The first-order valence-corrected chi connectivity index (χ1v) is 10.4. The van der Waals surface area contributed by atoms with Gasteiger partial charge in [-0.1, -0.05) is 36.4 Å². The lowest BCUT2D eigenvalue weighted by molar-refractivity contribution is -0.157. The highest BCUT2D eigenvalue weighted by atomic mass is 35.5. The Morgan fingerprint density at radius 1 is 0.969 bits per heavy atom. The molecule has 8 heteroatoms. The third-order valence-corrected chi connectivity index (χ3v) is 5.06. The summed E-state index contributed by atoms with van der Waals surface area (Å²) in [6, 6.07) is 14.5. The van der Waals surface area contributed by atoms with Crippen LogP contribution in [0.4, 0.5) is 0 Å². The summed E-state index contributed by atoms with van der Waals surface area (Å²) in [7, 11) is 0. The molecule has 4 atom stereocenters. The number of esters is 1. The smallest absolute Gasteiger partial charge is 0.306 e. The topological polar surface area (TPSA) is 111 Å². The number of nitrogens with two attached hydrogens (primary N) is 1. The number of para-hydroxylation sites is 2. The number of carbonyl (C=O) groups excluding carboxylic acids is 1. The molecule has 0 aliphatic carbocycles. The van der Waals surface area contributed by atoms with Gasteiger partial charge in [-0.05, 0) is 32.9 Å². The number of aliphatic hydroxyl groups excluding tert-OH is 2. The van der Waals surface area contributed by atoms with Gasteiger partial charge in [-0.2, -0.15) is 0 Å². The van der Waals surface area contributed by atoms with Gasteiger partial charge < -0.3 is 30.2 Å². The minimum atomic E-state index is -0.683. The molecule has 0 fully saturated rings. The van der Waals surface area contributed by atoms with Crippen LogP contribution in [0.1, 0.15) is 50.5 Å². The molecule has 0 saturated carbocycles.